The molecule has 2 nitrogen and oxygen atoms in total. The van der Waals surface area contributed by atoms with E-state index in [2.05, 4.69) is 21.2 Å². The van der Waals surface area contributed by atoms with E-state index >= 15 is 0 Å². The zero-order chi connectivity index (χ0) is 14.5. The Kier molecular flexibility index (Phi) is 5.09. The van der Waals surface area contributed by atoms with Gasteiger partial charge in [0.05, 0.1) is 6.04 Å². The third-order valence-corrected chi connectivity index (χ3v) is 3.51. The molecule has 20 heavy (non-hydrogen) atoms. The molecule has 0 spiro atoms. The first-order valence-electron chi connectivity index (χ1n) is 6.20. The van der Waals surface area contributed by atoms with Crippen molar-refractivity contribution >= 4 is 21.6 Å². The summed E-state index contributed by atoms with van der Waals surface area (Å²) >= 11 is 3.36. The van der Waals surface area contributed by atoms with Gasteiger partial charge in [0.2, 0.25) is 0 Å². The summed E-state index contributed by atoms with van der Waals surface area (Å²) in [6.45, 7) is 0.322. The average Bonchev–Trinajstić information content (AvgIpc) is 2.46. The van der Waals surface area contributed by atoms with Crippen molar-refractivity contribution in [1.29, 1.82) is 0 Å². The first kappa shape index (κ1) is 14.9. The van der Waals surface area contributed by atoms with Gasteiger partial charge in [0, 0.05) is 22.3 Å². The van der Waals surface area contributed by atoms with Crippen molar-refractivity contribution in [3.8, 4) is 0 Å². The lowest BCUT2D eigenvalue weighted by atomic mass is 10.0. The van der Waals surface area contributed by atoms with Crippen LogP contribution in [0.2, 0.25) is 0 Å². The molecule has 1 unspecified atom stereocenters. The van der Waals surface area contributed by atoms with E-state index in [4.69, 9.17) is 5.73 Å². The van der Waals surface area contributed by atoms with Gasteiger partial charge in [-0.25, -0.2) is 8.78 Å². The van der Waals surface area contributed by atoms with Crippen LogP contribution in [0.15, 0.2) is 53.0 Å². The third-order valence-electron chi connectivity index (χ3n) is 2.99. The van der Waals surface area contributed by atoms with Gasteiger partial charge in [0.1, 0.15) is 0 Å². The predicted molar refractivity (Wildman–Crippen MR) is 81.0 cm³/mol. The van der Waals surface area contributed by atoms with Crippen LogP contribution in [0.1, 0.15) is 23.6 Å². The quantitative estimate of drug-likeness (QED) is 0.840. The fourth-order valence-corrected chi connectivity index (χ4v) is 2.20. The molecule has 0 aliphatic heterocycles. The van der Waals surface area contributed by atoms with Gasteiger partial charge in [0.25, 0.3) is 6.43 Å². The number of rotatable bonds is 5. The minimum absolute atomic E-state index is 0.0126. The molecule has 0 heterocycles. The van der Waals surface area contributed by atoms with Crippen LogP contribution in [0.25, 0.3) is 0 Å². The summed E-state index contributed by atoms with van der Waals surface area (Å²) in [5.74, 6) is 0. The van der Waals surface area contributed by atoms with Gasteiger partial charge in [-0.15, -0.1) is 0 Å². The molecule has 2 aromatic carbocycles. The number of hydrogen-bond donors (Lipinski definition) is 2. The molecule has 0 saturated carbocycles. The van der Waals surface area contributed by atoms with Gasteiger partial charge in [-0.2, -0.15) is 0 Å². The number of alkyl halides is 2. The maximum atomic E-state index is 12.7. The van der Waals surface area contributed by atoms with Crippen molar-refractivity contribution in [1.82, 2.24) is 0 Å². The van der Waals surface area contributed by atoms with Crippen LogP contribution in [-0.4, -0.2) is 6.54 Å². The molecule has 0 saturated heterocycles. The molecule has 0 fully saturated rings. The fraction of sp³-hybridized carbons (Fsp3) is 0.200. The monoisotopic (exact) mass is 340 g/mol. The van der Waals surface area contributed by atoms with Crippen molar-refractivity contribution in [2.75, 3.05) is 11.9 Å². The summed E-state index contributed by atoms with van der Waals surface area (Å²) in [5, 5.41) is 3.25. The van der Waals surface area contributed by atoms with Gasteiger partial charge >= 0.3 is 0 Å². The number of anilines is 1. The highest BCUT2D eigenvalue weighted by Crippen LogP contribution is 2.25. The Hall–Kier alpha value is -1.46. The molecule has 2 rings (SSSR count). The van der Waals surface area contributed by atoms with E-state index in [9.17, 15) is 8.78 Å². The van der Waals surface area contributed by atoms with Crippen molar-refractivity contribution in [2.45, 2.75) is 12.5 Å². The van der Waals surface area contributed by atoms with Gasteiger partial charge < -0.3 is 11.1 Å². The maximum Gasteiger partial charge on any atom is 0.263 e. The van der Waals surface area contributed by atoms with Crippen LogP contribution in [0.5, 0.6) is 0 Å². The van der Waals surface area contributed by atoms with Gasteiger partial charge in [-0.3, -0.25) is 0 Å². The lowest BCUT2D eigenvalue weighted by molar-refractivity contribution is 0.151. The average molecular weight is 341 g/mol. The zero-order valence-electron chi connectivity index (χ0n) is 10.7. The largest absolute Gasteiger partial charge is 0.377 e. The summed E-state index contributed by atoms with van der Waals surface area (Å²) in [7, 11) is 0. The van der Waals surface area contributed by atoms with Gasteiger partial charge in [-0.05, 0) is 35.9 Å². The molecule has 0 aliphatic carbocycles. The molecule has 3 N–H and O–H groups in total. The standard InChI is InChI=1S/C15H15BrF2N2/c16-12-4-6-13(7-5-12)20-14(9-19)10-2-1-3-11(8-10)15(17)18/h1-8,14-15,20H,9,19H2. The molecule has 2 aromatic rings. The zero-order valence-corrected chi connectivity index (χ0v) is 12.3. The van der Waals surface area contributed by atoms with E-state index in [1.165, 1.54) is 12.1 Å². The number of nitrogens with two attached hydrogens (primary N) is 1. The molecular weight excluding hydrogens is 326 g/mol. The molecule has 0 bridgehead atoms. The summed E-state index contributed by atoms with van der Waals surface area (Å²) in [6.07, 6.45) is -2.47. The number of benzene rings is 2. The molecular formula is C15H15BrF2N2. The highest BCUT2D eigenvalue weighted by atomic mass is 79.9. The summed E-state index contributed by atoms with van der Waals surface area (Å²) in [5.41, 5.74) is 7.41. The minimum Gasteiger partial charge on any atom is -0.377 e. The van der Waals surface area contributed by atoms with E-state index in [1.54, 1.807) is 12.1 Å². The molecule has 0 radical (unpaired) electrons. The molecule has 0 aliphatic rings. The Morgan fingerprint density at radius 3 is 2.30 bits per heavy atom. The summed E-state index contributed by atoms with van der Waals surface area (Å²) < 4.78 is 26.4. The Balaban J connectivity index is 2.19. The van der Waals surface area contributed by atoms with Crippen molar-refractivity contribution in [2.24, 2.45) is 5.73 Å². The van der Waals surface area contributed by atoms with Crippen molar-refractivity contribution in [3.63, 3.8) is 0 Å². The fourth-order valence-electron chi connectivity index (χ4n) is 1.94. The van der Waals surface area contributed by atoms with Crippen LogP contribution in [0, 0.1) is 0 Å². The second-order valence-electron chi connectivity index (χ2n) is 4.41. The number of nitrogens with one attached hydrogen (secondary N) is 1. The summed E-state index contributed by atoms with van der Waals surface area (Å²) in [4.78, 5) is 0. The molecule has 106 valence electrons. The Labute approximate surface area is 125 Å². The van der Waals surface area contributed by atoms with Crippen LogP contribution < -0.4 is 11.1 Å². The maximum absolute atomic E-state index is 12.7. The predicted octanol–water partition coefficient (Wildman–Crippen LogP) is 4.50. The van der Waals surface area contributed by atoms with E-state index in [0.717, 1.165) is 15.7 Å². The lowest BCUT2D eigenvalue weighted by Gasteiger charge is -2.19. The Bertz CT molecular complexity index is 558. The second-order valence-corrected chi connectivity index (χ2v) is 5.33. The van der Waals surface area contributed by atoms with Crippen LogP contribution in [-0.2, 0) is 0 Å². The number of hydrogen-bond acceptors (Lipinski definition) is 2. The highest BCUT2D eigenvalue weighted by molar-refractivity contribution is 9.10. The van der Waals surface area contributed by atoms with Crippen LogP contribution in [0.3, 0.4) is 0 Å². The molecule has 1 atom stereocenters. The van der Waals surface area contributed by atoms with Gasteiger partial charge in [-0.1, -0.05) is 34.1 Å². The molecule has 5 heteroatoms. The van der Waals surface area contributed by atoms with E-state index in [1.807, 2.05) is 24.3 Å². The smallest absolute Gasteiger partial charge is 0.263 e. The normalized spacial score (nSPS) is 12.4. The van der Waals surface area contributed by atoms with E-state index < -0.39 is 6.43 Å². The summed E-state index contributed by atoms with van der Waals surface area (Å²) in [6, 6.07) is 13.8. The Morgan fingerprint density at radius 1 is 1.05 bits per heavy atom. The highest BCUT2D eigenvalue weighted by Gasteiger charge is 2.13. The first-order chi connectivity index (χ1) is 9.60. The van der Waals surface area contributed by atoms with E-state index in [-0.39, 0.29) is 11.6 Å². The topological polar surface area (TPSA) is 38.0 Å². The Morgan fingerprint density at radius 2 is 1.70 bits per heavy atom. The van der Waals surface area contributed by atoms with Crippen molar-refractivity contribution in [3.05, 3.63) is 64.1 Å². The van der Waals surface area contributed by atoms with Gasteiger partial charge in [0.15, 0.2) is 0 Å². The second kappa shape index (κ2) is 6.81. The van der Waals surface area contributed by atoms with Crippen molar-refractivity contribution < 1.29 is 8.78 Å². The lowest BCUT2D eigenvalue weighted by Crippen LogP contribution is -2.20. The first-order valence-corrected chi connectivity index (χ1v) is 6.99. The minimum atomic E-state index is -2.47. The SMILES string of the molecule is NCC(Nc1ccc(Br)cc1)c1cccc(C(F)F)c1. The van der Waals surface area contributed by atoms with Crippen LogP contribution in [0.4, 0.5) is 14.5 Å². The van der Waals surface area contributed by atoms with E-state index in [0.29, 0.717) is 6.54 Å². The molecule has 0 amide bonds. The van der Waals surface area contributed by atoms with Crippen LogP contribution >= 0.6 is 15.9 Å². The third kappa shape index (κ3) is 3.77. The number of halogens is 3. The molecule has 0 aromatic heterocycles.